The molecular formula is C19H16F3NO. The molecule has 0 fully saturated rings. The molecule has 5 heteroatoms. The molecule has 2 aliphatic rings. The van der Waals surface area contributed by atoms with Gasteiger partial charge in [0.1, 0.15) is 0 Å². The summed E-state index contributed by atoms with van der Waals surface area (Å²) in [6.45, 7) is 0. The van der Waals surface area contributed by atoms with Crippen molar-refractivity contribution in [3.8, 4) is 0 Å². The number of alkyl halides is 3. The van der Waals surface area contributed by atoms with Crippen molar-refractivity contribution in [2.45, 2.75) is 37.8 Å². The number of halogens is 3. The van der Waals surface area contributed by atoms with Crippen molar-refractivity contribution in [3.05, 3.63) is 64.2 Å². The van der Waals surface area contributed by atoms with E-state index in [-0.39, 0.29) is 17.9 Å². The second-order valence-corrected chi connectivity index (χ2v) is 6.45. The molecular weight excluding hydrogens is 315 g/mol. The quantitative estimate of drug-likeness (QED) is 0.808. The van der Waals surface area contributed by atoms with E-state index in [4.69, 9.17) is 0 Å². The summed E-state index contributed by atoms with van der Waals surface area (Å²) in [5.41, 5.74) is 3.37. The van der Waals surface area contributed by atoms with Gasteiger partial charge in [-0.05, 0) is 53.6 Å². The standard InChI is InChI=1S/C19H16F3NO/c20-19(21,22)16-7-2-1-6-13(16)14-10-18(24)23-17-9-12-5-3-4-11(12)8-15(14)17/h1-2,6-9,14H,3-5,10H2,(H,23,24)/t14-/m1/s1. The van der Waals surface area contributed by atoms with Crippen LogP contribution in [0.15, 0.2) is 36.4 Å². The Kier molecular flexibility index (Phi) is 3.41. The number of amides is 1. The molecule has 0 radical (unpaired) electrons. The average molecular weight is 331 g/mol. The lowest BCUT2D eigenvalue weighted by atomic mass is 9.81. The third kappa shape index (κ3) is 2.48. The minimum absolute atomic E-state index is 0.0406. The van der Waals surface area contributed by atoms with Crippen LogP contribution in [0.4, 0.5) is 18.9 Å². The number of rotatable bonds is 1. The van der Waals surface area contributed by atoms with Crippen molar-refractivity contribution < 1.29 is 18.0 Å². The summed E-state index contributed by atoms with van der Waals surface area (Å²) in [6.07, 6.45) is -1.43. The van der Waals surface area contributed by atoms with E-state index in [0.717, 1.165) is 30.9 Å². The van der Waals surface area contributed by atoms with Crippen LogP contribution in [0.1, 0.15) is 46.6 Å². The lowest BCUT2D eigenvalue weighted by Crippen LogP contribution is -2.25. The third-order valence-corrected chi connectivity index (χ3v) is 4.94. The van der Waals surface area contributed by atoms with Gasteiger partial charge in [-0.2, -0.15) is 13.2 Å². The zero-order chi connectivity index (χ0) is 16.9. The summed E-state index contributed by atoms with van der Waals surface area (Å²) >= 11 is 0. The third-order valence-electron chi connectivity index (χ3n) is 4.94. The minimum Gasteiger partial charge on any atom is -0.326 e. The normalized spacial score (nSPS) is 19.6. The summed E-state index contributed by atoms with van der Waals surface area (Å²) in [6, 6.07) is 9.51. The van der Waals surface area contributed by atoms with Gasteiger partial charge in [-0.1, -0.05) is 24.3 Å². The van der Waals surface area contributed by atoms with Crippen molar-refractivity contribution in [2.75, 3.05) is 5.32 Å². The molecule has 0 spiro atoms. The number of benzene rings is 2. The molecule has 1 aliphatic heterocycles. The van der Waals surface area contributed by atoms with Gasteiger partial charge >= 0.3 is 6.18 Å². The van der Waals surface area contributed by atoms with Crippen LogP contribution in [-0.2, 0) is 23.8 Å². The second-order valence-electron chi connectivity index (χ2n) is 6.45. The molecule has 1 amide bonds. The first-order valence-corrected chi connectivity index (χ1v) is 8.05. The molecule has 1 atom stereocenters. The Bertz CT molecular complexity index is 826. The minimum atomic E-state index is -4.43. The summed E-state index contributed by atoms with van der Waals surface area (Å²) < 4.78 is 40.2. The average Bonchev–Trinajstić information content (AvgIpc) is 2.98. The van der Waals surface area contributed by atoms with Crippen LogP contribution in [0.3, 0.4) is 0 Å². The van der Waals surface area contributed by atoms with Gasteiger partial charge in [0.2, 0.25) is 5.91 Å². The number of nitrogens with one attached hydrogen (secondary N) is 1. The Morgan fingerprint density at radius 1 is 1.00 bits per heavy atom. The summed E-state index contributed by atoms with van der Waals surface area (Å²) in [7, 11) is 0. The molecule has 0 saturated heterocycles. The van der Waals surface area contributed by atoms with Crippen LogP contribution >= 0.6 is 0 Å². The number of carbonyl (C=O) groups excluding carboxylic acids is 1. The Labute approximate surface area is 137 Å². The highest BCUT2D eigenvalue weighted by Crippen LogP contribution is 2.44. The zero-order valence-corrected chi connectivity index (χ0v) is 12.9. The van der Waals surface area contributed by atoms with Gasteiger partial charge in [-0.3, -0.25) is 4.79 Å². The Balaban J connectivity index is 1.88. The fraction of sp³-hybridized carbons (Fsp3) is 0.316. The first kappa shape index (κ1) is 15.2. The number of carbonyl (C=O) groups is 1. The van der Waals surface area contributed by atoms with Crippen molar-refractivity contribution >= 4 is 11.6 Å². The van der Waals surface area contributed by atoms with E-state index < -0.39 is 17.7 Å². The number of aryl methyl sites for hydroxylation is 2. The molecule has 1 aliphatic carbocycles. The molecule has 0 bridgehead atoms. The van der Waals surface area contributed by atoms with E-state index in [2.05, 4.69) is 5.32 Å². The lowest BCUT2D eigenvalue weighted by Gasteiger charge is -2.29. The molecule has 2 aromatic rings. The molecule has 0 unspecified atom stereocenters. The number of anilines is 1. The fourth-order valence-electron chi connectivity index (χ4n) is 3.87. The predicted molar refractivity (Wildman–Crippen MR) is 85.0 cm³/mol. The van der Waals surface area contributed by atoms with E-state index in [1.54, 1.807) is 6.07 Å². The van der Waals surface area contributed by atoms with Gasteiger partial charge in [0.15, 0.2) is 0 Å². The van der Waals surface area contributed by atoms with Crippen LogP contribution in [0.5, 0.6) is 0 Å². The van der Waals surface area contributed by atoms with Gasteiger partial charge < -0.3 is 5.32 Å². The van der Waals surface area contributed by atoms with E-state index in [0.29, 0.717) is 5.69 Å². The molecule has 2 nitrogen and oxygen atoms in total. The monoisotopic (exact) mass is 331 g/mol. The van der Waals surface area contributed by atoms with Gasteiger partial charge in [0, 0.05) is 18.0 Å². The number of hydrogen-bond acceptors (Lipinski definition) is 1. The van der Waals surface area contributed by atoms with Crippen LogP contribution < -0.4 is 5.32 Å². The maximum absolute atomic E-state index is 13.4. The molecule has 24 heavy (non-hydrogen) atoms. The molecule has 1 N–H and O–H groups in total. The van der Waals surface area contributed by atoms with Crippen molar-refractivity contribution in [2.24, 2.45) is 0 Å². The van der Waals surface area contributed by atoms with E-state index in [9.17, 15) is 18.0 Å². The summed E-state index contributed by atoms with van der Waals surface area (Å²) in [4.78, 5) is 12.1. The van der Waals surface area contributed by atoms with Crippen LogP contribution in [0, 0.1) is 0 Å². The summed E-state index contributed by atoms with van der Waals surface area (Å²) in [5, 5.41) is 2.83. The SMILES string of the molecule is O=C1C[C@H](c2ccccc2C(F)(F)F)c2cc3c(cc2N1)CCC3. The van der Waals surface area contributed by atoms with Gasteiger partial charge in [0.05, 0.1) is 5.56 Å². The number of hydrogen-bond donors (Lipinski definition) is 1. The van der Waals surface area contributed by atoms with Gasteiger partial charge in [0.25, 0.3) is 0 Å². The largest absolute Gasteiger partial charge is 0.416 e. The van der Waals surface area contributed by atoms with E-state index in [1.165, 1.54) is 23.3 Å². The van der Waals surface area contributed by atoms with Gasteiger partial charge in [-0.25, -0.2) is 0 Å². The maximum atomic E-state index is 13.4. The first-order chi connectivity index (χ1) is 11.4. The smallest absolute Gasteiger partial charge is 0.326 e. The van der Waals surface area contributed by atoms with Crippen LogP contribution in [0.25, 0.3) is 0 Å². The highest BCUT2D eigenvalue weighted by molar-refractivity contribution is 5.95. The Hall–Kier alpha value is -2.30. The summed E-state index contributed by atoms with van der Waals surface area (Å²) in [5.74, 6) is -0.792. The Morgan fingerprint density at radius 2 is 1.71 bits per heavy atom. The number of fused-ring (bicyclic) bond motifs is 2. The molecule has 124 valence electrons. The highest BCUT2D eigenvalue weighted by Gasteiger charge is 2.37. The van der Waals surface area contributed by atoms with Crippen LogP contribution in [-0.4, -0.2) is 5.91 Å². The van der Waals surface area contributed by atoms with E-state index in [1.807, 2.05) is 12.1 Å². The highest BCUT2D eigenvalue weighted by atomic mass is 19.4. The Morgan fingerprint density at radius 3 is 2.46 bits per heavy atom. The predicted octanol–water partition coefficient (Wildman–Crippen LogP) is 4.67. The first-order valence-electron chi connectivity index (χ1n) is 8.05. The second kappa shape index (κ2) is 5.36. The molecule has 1 heterocycles. The van der Waals surface area contributed by atoms with Crippen molar-refractivity contribution in [3.63, 3.8) is 0 Å². The fourth-order valence-corrected chi connectivity index (χ4v) is 3.87. The zero-order valence-electron chi connectivity index (χ0n) is 12.9. The molecule has 0 aromatic heterocycles. The lowest BCUT2D eigenvalue weighted by molar-refractivity contribution is -0.138. The molecule has 0 saturated carbocycles. The van der Waals surface area contributed by atoms with Crippen molar-refractivity contribution in [1.29, 1.82) is 0 Å². The topological polar surface area (TPSA) is 29.1 Å². The van der Waals surface area contributed by atoms with E-state index >= 15 is 0 Å². The van der Waals surface area contributed by atoms with Gasteiger partial charge in [-0.15, -0.1) is 0 Å². The molecule has 4 rings (SSSR count). The van der Waals surface area contributed by atoms with Crippen molar-refractivity contribution in [1.82, 2.24) is 0 Å². The van der Waals surface area contributed by atoms with Crippen LogP contribution in [0.2, 0.25) is 0 Å². The maximum Gasteiger partial charge on any atom is 0.416 e. The molecule has 2 aromatic carbocycles.